The SMILES string of the molecule is N#Cc1cc(C#N)cc(-c2ccc3c(c2)c2cc(-c4cc(C#N)cc(C#N)c4)ccc2n3-c2cc(-c3nc(-c4ccccc4)nc(-c4ccccc4)n3)c(-n3c4ccc(-c5cc(C#N)cc(C#N)c5)cc4c4cc(-c5cc(C#N)cc(C#N)c5)ccc43)cc2C#N)c1. The molecular formula is C78H36N14. The van der Waals surface area contributed by atoms with E-state index in [0.717, 1.165) is 32.7 Å². The number of nitrogens with zero attached hydrogens (tertiary/aromatic N) is 14. The largest absolute Gasteiger partial charge is 0.308 e. The lowest BCUT2D eigenvalue weighted by molar-refractivity contribution is 1.06. The van der Waals surface area contributed by atoms with E-state index in [9.17, 15) is 47.4 Å². The molecule has 14 aromatic rings. The number of hydrogen-bond donors (Lipinski definition) is 0. The Hall–Kier alpha value is -14.6. The molecule has 0 spiro atoms. The molecular weight excluding hydrogens is 1130 g/mol. The van der Waals surface area contributed by atoms with Crippen molar-refractivity contribution in [1.82, 2.24) is 24.1 Å². The summed E-state index contributed by atoms with van der Waals surface area (Å²) in [4.78, 5) is 15.7. The van der Waals surface area contributed by atoms with Gasteiger partial charge in [-0.25, -0.2) is 15.0 Å². The first-order chi connectivity index (χ1) is 45.1. The number of fused-ring (bicyclic) bond motifs is 6. The van der Waals surface area contributed by atoms with Gasteiger partial charge in [0.1, 0.15) is 6.07 Å². The van der Waals surface area contributed by atoms with E-state index in [1.807, 2.05) is 150 Å². The Morgan fingerprint density at radius 1 is 0.228 bits per heavy atom. The van der Waals surface area contributed by atoms with E-state index in [0.29, 0.717) is 140 Å². The average Bonchev–Trinajstić information content (AvgIpc) is 1.57. The van der Waals surface area contributed by atoms with Crippen molar-refractivity contribution in [2.24, 2.45) is 0 Å². The maximum absolute atomic E-state index is 11.8. The molecule has 14 rings (SSSR count). The average molecular weight is 1170 g/mol. The van der Waals surface area contributed by atoms with Gasteiger partial charge in [-0.1, -0.05) is 84.9 Å². The normalized spacial score (nSPS) is 10.7. The summed E-state index contributed by atoms with van der Waals surface area (Å²) in [5, 5.41) is 95.4. The minimum absolute atomic E-state index is 0.245. The van der Waals surface area contributed by atoms with E-state index in [1.165, 1.54) is 24.3 Å². The predicted molar refractivity (Wildman–Crippen MR) is 349 cm³/mol. The van der Waals surface area contributed by atoms with Gasteiger partial charge in [-0.15, -0.1) is 0 Å². The zero-order chi connectivity index (χ0) is 63.1. The minimum Gasteiger partial charge on any atom is -0.308 e. The van der Waals surface area contributed by atoms with E-state index in [-0.39, 0.29) is 11.4 Å². The lowest BCUT2D eigenvalue weighted by Crippen LogP contribution is -2.07. The van der Waals surface area contributed by atoms with Crippen LogP contribution in [0.1, 0.15) is 50.1 Å². The van der Waals surface area contributed by atoms with Crippen LogP contribution in [0, 0.1) is 102 Å². The summed E-state index contributed by atoms with van der Waals surface area (Å²) in [7, 11) is 0. The monoisotopic (exact) mass is 1170 g/mol. The van der Waals surface area contributed by atoms with Crippen LogP contribution in [0.5, 0.6) is 0 Å². The lowest BCUT2D eigenvalue weighted by atomic mass is 9.97. The van der Waals surface area contributed by atoms with Gasteiger partial charge >= 0.3 is 0 Å². The molecule has 0 unspecified atom stereocenters. The molecule has 3 heterocycles. The molecule has 0 bridgehead atoms. The predicted octanol–water partition coefficient (Wildman–Crippen LogP) is 16.6. The van der Waals surface area contributed by atoms with Crippen molar-refractivity contribution in [1.29, 1.82) is 47.4 Å². The van der Waals surface area contributed by atoms with Crippen LogP contribution in [0.25, 0.3) is 134 Å². The van der Waals surface area contributed by atoms with Crippen molar-refractivity contribution in [3.05, 3.63) is 268 Å². The molecule has 14 nitrogen and oxygen atoms in total. The topological polar surface area (TPSA) is 263 Å². The molecule has 418 valence electrons. The second-order valence-corrected chi connectivity index (χ2v) is 21.7. The van der Waals surface area contributed by atoms with Gasteiger partial charge < -0.3 is 9.13 Å². The highest BCUT2D eigenvalue weighted by atomic mass is 15.1. The zero-order valence-electron chi connectivity index (χ0n) is 48.0. The molecule has 0 aliphatic rings. The van der Waals surface area contributed by atoms with Crippen molar-refractivity contribution in [3.8, 4) is 145 Å². The van der Waals surface area contributed by atoms with Crippen LogP contribution in [0.3, 0.4) is 0 Å². The molecule has 0 aliphatic carbocycles. The number of nitriles is 9. The van der Waals surface area contributed by atoms with E-state index in [2.05, 4.69) is 59.2 Å². The first kappa shape index (κ1) is 55.3. The fourth-order valence-corrected chi connectivity index (χ4v) is 12.1. The molecule has 92 heavy (non-hydrogen) atoms. The highest BCUT2D eigenvalue weighted by Crippen LogP contribution is 2.44. The highest BCUT2D eigenvalue weighted by molar-refractivity contribution is 6.14. The first-order valence-electron chi connectivity index (χ1n) is 28.6. The van der Waals surface area contributed by atoms with Crippen LogP contribution >= 0.6 is 0 Å². The van der Waals surface area contributed by atoms with Gasteiger partial charge in [-0.2, -0.15) is 47.4 Å². The second kappa shape index (κ2) is 22.7. The van der Waals surface area contributed by atoms with Gasteiger partial charge in [0.25, 0.3) is 0 Å². The van der Waals surface area contributed by atoms with Crippen LogP contribution in [0.4, 0.5) is 0 Å². The molecule has 0 N–H and O–H groups in total. The Bertz CT molecular complexity index is 5500. The Labute approximate surface area is 525 Å². The molecule has 0 fully saturated rings. The van der Waals surface area contributed by atoms with Crippen molar-refractivity contribution in [2.75, 3.05) is 0 Å². The van der Waals surface area contributed by atoms with Crippen molar-refractivity contribution in [3.63, 3.8) is 0 Å². The van der Waals surface area contributed by atoms with Gasteiger partial charge in [0, 0.05) is 38.2 Å². The Balaban J connectivity index is 1.10. The van der Waals surface area contributed by atoms with E-state index in [4.69, 9.17) is 15.0 Å². The summed E-state index contributed by atoms with van der Waals surface area (Å²) in [5.41, 5.74) is 13.8. The standard InChI is InChI=1S/C78H36N14/c79-37-46-19-47(38-80)24-60(23-46)56-11-15-70-65(31-56)66-32-57(61-25-48(39-81)20-49(26-61)40-82)12-16-71(66)91(70)74-36-69(78-89-76(54-7-3-1-4-8-54)88-77(90-78)55-9-5-2-6-10-55)75(35-64(74)45-87)92-72-17-13-58(62-27-50(41-83)21-51(28-62)42-84)33-67(72)68-34-59(14-18-73(68)92)63-29-52(43-85)22-53(30-63)44-86/h1-36H. The van der Waals surface area contributed by atoms with E-state index < -0.39 is 0 Å². The van der Waals surface area contributed by atoms with Gasteiger partial charge in [-0.05, 0) is 178 Å². The summed E-state index contributed by atoms with van der Waals surface area (Å²) in [5.74, 6) is 1.03. The Kier molecular flexibility index (Phi) is 13.6. The molecule has 11 aromatic carbocycles. The van der Waals surface area contributed by atoms with Gasteiger partial charge in [0.05, 0.1) is 132 Å². The van der Waals surface area contributed by atoms with E-state index in [1.54, 1.807) is 48.5 Å². The van der Waals surface area contributed by atoms with E-state index >= 15 is 0 Å². The third-order valence-corrected chi connectivity index (χ3v) is 16.3. The number of aromatic nitrogens is 5. The molecule has 0 saturated heterocycles. The first-order valence-corrected chi connectivity index (χ1v) is 28.6. The Morgan fingerprint density at radius 3 is 0.793 bits per heavy atom. The summed E-state index contributed by atoms with van der Waals surface area (Å²) in [6, 6.07) is 86.5. The summed E-state index contributed by atoms with van der Waals surface area (Å²) >= 11 is 0. The van der Waals surface area contributed by atoms with Crippen molar-refractivity contribution >= 4 is 43.6 Å². The third kappa shape index (κ3) is 9.71. The smallest absolute Gasteiger partial charge is 0.166 e. The second-order valence-electron chi connectivity index (χ2n) is 21.7. The van der Waals surface area contributed by atoms with Gasteiger partial charge in [-0.3, -0.25) is 0 Å². The molecule has 0 amide bonds. The Morgan fingerprint density at radius 2 is 0.511 bits per heavy atom. The zero-order valence-corrected chi connectivity index (χ0v) is 48.0. The maximum Gasteiger partial charge on any atom is 0.166 e. The van der Waals surface area contributed by atoms with Crippen LogP contribution < -0.4 is 0 Å². The van der Waals surface area contributed by atoms with Gasteiger partial charge in [0.2, 0.25) is 0 Å². The molecule has 14 heteroatoms. The molecule has 0 atom stereocenters. The van der Waals surface area contributed by atoms with Crippen molar-refractivity contribution in [2.45, 2.75) is 0 Å². The van der Waals surface area contributed by atoms with Crippen LogP contribution in [0.15, 0.2) is 218 Å². The number of rotatable bonds is 9. The minimum atomic E-state index is 0.245. The fraction of sp³-hybridized carbons (Fsp3) is 0. The summed E-state index contributed by atoms with van der Waals surface area (Å²) in [6.07, 6.45) is 0. The van der Waals surface area contributed by atoms with Gasteiger partial charge in [0.15, 0.2) is 17.5 Å². The molecule has 0 aliphatic heterocycles. The third-order valence-electron chi connectivity index (χ3n) is 16.3. The number of benzene rings is 11. The highest BCUT2D eigenvalue weighted by Gasteiger charge is 2.26. The quantitative estimate of drug-likeness (QED) is 0.131. The number of hydrogen-bond acceptors (Lipinski definition) is 12. The lowest BCUT2D eigenvalue weighted by Gasteiger charge is -2.19. The summed E-state index contributed by atoms with van der Waals surface area (Å²) in [6.45, 7) is 0. The summed E-state index contributed by atoms with van der Waals surface area (Å²) < 4.78 is 4.08. The van der Waals surface area contributed by atoms with Crippen LogP contribution in [-0.2, 0) is 0 Å². The fourth-order valence-electron chi connectivity index (χ4n) is 12.1. The maximum atomic E-state index is 11.8. The van der Waals surface area contributed by atoms with Crippen LogP contribution in [-0.4, -0.2) is 24.1 Å². The van der Waals surface area contributed by atoms with Crippen LogP contribution in [0.2, 0.25) is 0 Å². The van der Waals surface area contributed by atoms with Crippen molar-refractivity contribution < 1.29 is 0 Å². The molecule has 0 radical (unpaired) electrons. The molecule has 0 saturated carbocycles. The molecule has 3 aromatic heterocycles.